The van der Waals surface area contributed by atoms with Crippen molar-refractivity contribution in [1.29, 1.82) is 0 Å². The standard InChI is InChI=1S/C12H19N3O3/c1-7-4-13-5-8(7)10(17)15-6-9(16)14-11(18)12(15,2)3/h7-8,13H,4-6H2,1-3H3,(H,14,16,18). The Kier molecular flexibility index (Phi) is 3.14. The van der Waals surface area contributed by atoms with E-state index in [2.05, 4.69) is 10.6 Å². The summed E-state index contributed by atoms with van der Waals surface area (Å²) < 4.78 is 0. The summed E-state index contributed by atoms with van der Waals surface area (Å²) in [5.41, 5.74) is -0.965. The van der Waals surface area contributed by atoms with Crippen LogP contribution in [0.25, 0.3) is 0 Å². The molecule has 2 heterocycles. The molecule has 2 N–H and O–H groups in total. The first kappa shape index (κ1) is 13.0. The summed E-state index contributed by atoms with van der Waals surface area (Å²) in [6, 6.07) is 0. The highest BCUT2D eigenvalue weighted by molar-refractivity contribution is 6.06. The quantitative estimate of drug-likeness (QED) is 0.594. The van der Waals surface area contributed by atoms with Crippen LogP contribution in [0.3, 0.4) is 0 Å². The molecule has 2 atom stereocenters. The fraction of sp³-hybridized carbons (Fsp3) is 0.750. The van der Waals surface area contributed by atoms with Crippen LogP contribution in [0, 0.1) is 11.8 Å². The van der Waals surface area contributed by atoms with Crippen molar-refractivity contribution in [2.75, 3.05) is 19.6 Å². The zero-order valence-corrected chi connectivity index (χ0v) is 10.9. The Labute approximate surface area is 106 Å². The van der Waals surface area contributed by atoms with E-state index in [1.807, 2.05) is 6.92 Å². The van der Waals surface area contributed by atoms with Crippen LogP contribution in [-0.2, 0) is 14.4 Å². The Hall–Kier alpha value is -1.43. The monoisotopic (exact) mass is 253 g/mol. The van der Waals surface area contributed by atoms with E-state index in [0.717, 1.165) is 6.54 Å². The molecule has 6 heteroatoms. The van der Waals surface area contributed by atoms with Gasteiger partial charge in [0.25, 0.3) is 5.91 Å². The van der Waals surface area contributed by atoms with E-state index >= 15 is 0 Å². The van der Waals surface area contributed by atoms with E-state index in [1.54, 1.807) is 13.8 Å². The van der Waals surface area contributed by atoms with Gasteiger partial charge in [0.2, 0.25) is 11.8 Å². The molecule has 0 saturated carbocycles. The Bertz CT molecular complexity index is 405. The first-order chi connectivity index (χ1) is 8.34. The molecule has 0 bridgehead atoms. The van der Waals surface area contributed by atoms with Crippen LogP contribution in [-0.4, -0.2) is 47.8 Å². The van der Waals surface area contributed by atoms with Crippen molar-refractivity contribution in [2.45, 2.75) is 26.3 Å². The van der Waals surface area contributed by atoms with Crippen molar-refractivity contribution >= 4 is 17.7 Å². The average molecular weight is 253 g/mol. The molecule has 18 heavy (non-hydrogen) atoms. The SMILES string of the molecule is CC1CNCC1C(=O)N1CC(=O)NC(=O)C1(C)C. The number of nitrogens with one attached hydrogen (secondary N) is 2. The number of rotatable bonds is 1. The zero-order chi connectivity index (χ0) is 13.5. The highest BCUT2D eigenvalue weighted by atomic mass is 16.2. The molecular weight excluding hydrogens is 234 g/mol. The number of piperazine rings is 1. The van der Waals surface area contributed by atoms with E-state index < -0.39 is 17.4 Å². The topological polar surface area (TPSA) is 78.5 Å². The highest BCUT2D eigenvalue weighted by Crippen LogP contribution is 2.25. The van der Waals surface area contributed by atoms with Crippen molar-refractivity contribution in [3.05, 3.63) is 0 Å². The summed E-state index contributed by atoms with van der Waals surface area (Å²) >= 11 is 0. The summed E-state index contributed by atoms with van der Waals surface area (Å²) in [4.78, 5) is 37.1. The van der Waals surface area contributed by atoms with Gasteiger partial charge >= 0.3 is 0 Å². The number of hydrogen-bond acceptors (Lipinski definition) is 4. The molecule has 0 aliphatic carbocycles. The third kappa shape index (κ3) is 2.01. The number of carbonyl (C=O) groups excluding carboxylic acids is 3. The van der Waals surface area contributed by atoms with Crippen molar-refractivity contribution in [3.63, 3.8) is 0 Å². The predicted octanol–water partition coefficient (Wildman–Crippen LogP) is -0.894. The maximum absolute atomic E-state index is 12.5. The maximum atomic E-state index is 12.5. The molecule has 0 radical (unpaired) electrons. The normalized spacial score (nSPS) is 31.4. The number of hydrogen-bond donors (Lipinski definition) is 2. The molecule has 2 saturated heterocycles. The molecule has 0 aromatic rings. The molecule has 6 nitrogen and oxygen atoms in total. The van der Waals surface area contributed by atoms with Crippen molar-refractivity contribution in [1.82, 2.24) is 15.5 Å². The van der Waals surface area contributed by atoms with Crippen LogP contribution in [0.1, 0.15) is 20.8 Å². The minimum Gasteiger partial charge on any atom is -0.319 e. The van der Waals surface area contributed by atoms with Crippen LogP contribution < -0.4 is 10.6 Å². The van der Waals surface area contributed by atoms with Gasteiger partial charge in [-0.25, -0.2) is 0 Å². The van der Waals surface area contributed by atoms with E-state index in [1.165, 1.54) is 4.90 Å². The first-order valence-corrected chi connectivity index (χ1v) is 6.20. The largest absolute Gasteiger partial charge is 0.319 e. The van der Waals surface area contributed by atoms with Gasteiger partial charge in [-0.1, -0.05) is 6.92 Å². The van der Waals surface area contributed by atoms with Crippen molar-refractivity contribution in [3.8, 4) is 0 Å². The lowest BCUT2D eigenvalue weighted by Crippen LogP contribution is -2.66. The number of carbonyl (C=O) groups is 3. The van der Waals surface area contributed by atoms with Gasteiger partial charge < -0.3 is 10.2 Å². The lowest BCUT2D eigenvalue weighted by atomic mass is 9.91. The van der Waals surface area contributed by atoms with Crippen LogP contribution in [0.2, 0.25) is 0 Å². The number of amides is 3. The Morgan fingerprint density at radius 3 is 2.56 bits per heavy atom. The molecule has 2 aliphatic heterocycles. The molecule has 0 aromatic carbocycles. The summed E-state index contributed by atoms with van der Waals surface area (Å²) in [7, 11) is 0. The minimum absolute atomic E-state index is 0.0409. The molecule has 0 aromatic heterocycles. The third-order valence-electron chi connectivity index (χ3n) is 3.89. The van der Waals surface area contributed by atoms with E-state index in [-0.39, 0.29) is 24.3 Å². The molecule has 2 unspecified atom stereocenters. The Morgan fingerprint density at radius 2 is 2.00 bits per heavy atom. The minimum atomic E-state index is -0.965. The average Bonchev–Trinajstić information content (AvgIpc) is 2.69. The summed E-state index contributed by atoms with van der Waals surface area (Å²) in [5.74, 6) is -0.853. The highest BCUT2D eigenvalue weighted by Gasteiger charge is 2.46. The van der Waals surface area contributed by atoms with Gasteiger partial charge in [0, 0.05) is 6.54 Å². The third-order valence-corrected chi connectivity index (χ3v) is 3.89. The molecule has 2 fully saturated rings. The van der Waals surface area contributed by atoms with Gasteiger partial charge in [-0.15, -0.1) is 0 Å². The second kappa shape index (κ2) is 4.35. The van der Waals surface area contributed by atoms with Gasteiger partial charge in [0.15, 0.2) is 0 Å². The fourth-order valence-corrected chi connectivity index (χ4v) is 2.48. The Morgan fingerprint density at radius 1 is 1.33 bits per heavy atom. The zero-order valence-electron chi connectivity index (χ0n) is 10.9. The fourth-order valence-electron chi connectivity index (χ4n) is 2.48. The van der Waals surface area contributed by atoms with Crippen molar-refractivity contribution < 1.29 is 14.4 Å². The maximum Gasteiger partial charge on any atom is 0.252 e. The number of imide groups is 1. The van der Waals surface area contributed by atoms with E-state index in [9.17, 15) is 14.4 Å². The summed E-state index contributed by atoms with van der Waals surface area (Å²) in [6.45, 7) is 6.70. The summed E-state index contributed by atoms with van der Waals surface area (Å²) in [6.07, 6.45) is 0. The van der Waals surface area contributed by atoms with Gasteiger partial charge in [-0.3, -0.25) is 19.7 Å². The van der Waals surface area contributed by atoms with Gasteiger partial charge in [0.05, 0.1) is 5.92 Å². The summed E-state index contributed by atoms with van der Waals surface area (Å²) in [5, 5.41) is 5.43. The predicted molar refractivity (Wildman–Crippen MR) is 64.5 cm³/mol. The van der Waals surface area contributed by atoms with Gasteiger partial charge in [-0.2, -0.15) is 0 Å². The van der Waals surface area contributed by atoms with Crippen LogP contribution in [0.5, 0.6) is 0 Å². The smallest absolute Gasteiger partial charge is 0.252 e. The molecule has 2 rings (SSSR count). The van der Waals surface area contributed by atoms with Gasteiger partial charge in [0.1, 0.15) is 12.1 Å². The van der Waals surface area contributed by atoms with E-state index in [4.69, 9.17) is 0 Å². The second-order valence-corrected chi connectivity index (χ2v) is 5.60. The van der Waals surface area contributed by atoms with Crippen LogP contribution >= 0.6 is 0 Å². The molecule has 0 spiro atoms. The first-order valence-electron chi connectivity index (χ1n) is 6.20. The molecule has 100 valence electrons. The van der Waals surface area contributed by atoms with Crippen LogP contribution in [0.4, 0.5) is 0 Å². The second-order valence-electron chi connectivity index (χ2n) is 5.60. The van der Waals surface area contributed by atoms with Gasteiger partial charge in [-0.05, 0) is 26.3 Å². The molecule has 3 amide bonds. The lowest BCUT2D eigenvalue weighted by Gasteiger charge is -2.41. The lowest BCUT2D eigenvalue weighted by molar-refractivity contribution is -0.158. The number of nitrogens with zero attached hydrogens (tertiary/aromatic N) is 1. The van der Waals surface area contributed by atoms with Crippen molar-refractivity contribution in [2.24, 2.45) is 11.8 Å². The molecule has 2 aliphatic rings. The molecular formula is C12H19N3O3. The Balaban J connectivity index is 2.22. The van der Waals surface area contributed by atoms with Crippen LogP contribution in [0.15, 0.2) is 0 Å². The van der Waals surface area contributed by atoms with E-state index in [0.29, 0.717) is 6.54 Å².